The summed E-state index contributed by atoms with van der Waals surface area (Å²) in [7, 11) is 1.59. The molecule has 1 aromatic rings. The van der Waals surface area contributed by atoms with Gasteiger partial charge in [0.15, 0.2) is 11.6 Å². The highest BCUT2D eigenvalue weighted by Gasteiger charge is 2.42. The Kier molecular flexibility index (Phi) is 4.99. The van der Waals surface area contributed by atoms with Crippen LogP contribution < -0.4 is 10.5 Å². The zero-order valence-corrected chi connectivity index (χ0v) is 11.4. The van der Waals surface area contributed by atoms with Crippen LogP contribution in [0.1, 0.15) is 6.42 Å². The van der Waals surface area contributed by atoms with Gasteiger partial charge in [0.1, 0.15) is 12.2 Å². The SMILES string of the molecule is COCCOC1C(N)CC1Oc1c(F)cccc1Cl. The molecule has 106 valence electrons. The van der Waals surface area contributed by atoms with Gasteiger partial charge in [0, 0.05) is 19.6 Å². The van der Waals surface area contributed by atoms with Gasteiger partial charge in [-0.1, -0.05) is 17.7 Å². The Labute approximate surface area is 116 Å². The summed E-state index contributed by atoms with van der Waals surface area (Å²) in [5.74, 6) is -0.426. The fourth-order valence-corrected chi connectivity index (χ4v) is 2.18. The minimum absolute atomic E-state index is 0.0569. The molecule has 0 amide bonds. The summed E-state index contributed by atoms with van der Waals surface area (Å²) in [4.78, 5) is 0. The lowest BCUT2D eigenvalue weighted by atomic mass is 9.86. The molecule has 0 aromatic heterocycles. The highest BCUT2D eigenvalue weighted by Crippen LogP contribution is 2.33. The molecule has 1 aromatic carbocycles. The summed E-state index contributed by atoms with van der Waals surface area (Å²) >= 11 is 5.91. The van der Waals surface area contributed by atoms with E-state index in [0.29, 0.717) is 19.6 Å². The topological polar surface area (TPSA) is 53.7 Å². The lowest BCUT2D eigenvalue weighted by molar-refractivity contribution is -0.107. The van der Waals surface area contributed by atoms with E-state index in [-0.39, 0.29) is 29.0 Å². The highest BCUT2D eigenvalue weighted by molar-refractivity contribution is 6.32. The van der Waals surface area contributed by atoms with Gasteiger partial charge in [0.2, 0.25) is 0 Å². The summed E-state index contributed by atoms with van der Waals surface area (Å²) in [6.07, 6.45) is 0.0783. The second-order valence-electron chi connectivity index (χ2n) is 4.43. The van der Waals surface area contributed by atoms with Gasteiger partial charge in [-0.2, -0.15) is 0 Å². The van der Waals surface area contributed by atoms with Crippen LogP contribution in [-0.2, 0) is 9.47 Å². The van der Waals surface area contributed by atoms with Crippen molar-refractivity contribution in [1.29, 1.82) is 0 Å². The maximum absolute atomic E-state index is 13.6. The molecule has 2 rings (SSSR count). The number of nitrogens with two attached hydrogens (primary N) is 1. The first-order chi connectivity index (χ1) is 9.13. The molecule has 1 saturated carbocycles. The standard InChI is InChI=1S/C13H17ClFNO3/c1-17-5-6-18-13-10(16)7-11(13)19-12-8(14)3-2-4-9(12)15/h2-4,10-11,13H,5-7,16H2,1H3. The second kappa shape index (κ2) is 6.52. The van der Waals surface area contributed by atoms with Gasteiger partial charge >= 0.3 is 0 Å². The van der Waals surface area contributed by atoms with Crippen molar-refractivity contribution in [2.45, 2.75) is 24.7 Å². The normalized spacial score (nSPS) is 26.0. The number of para-hydroxylation sites is 1. The number of rotatable bonds is 6. The number of hydrogen-bond donors (Lipinski definition) is 1. The lowest BCUT2D eigenvalue weighted by Crippen LogP contribution is -2.59. The molecule has 6 heteroatoms. The van der Waals surface area contributed by atoms with Crippen LogP contribution in [0.25, 0.3) is 0 Å². The summed E-state index contributed by atoms with van der Waals surface area (Å²) in [6.45, 7) is 0.913. The summed E-state index contributed by atoms with van der Waals surface area (Å²) in [6, 6.07) is 4.32. The Balaban J connectivity index is 1.95. The minimum Gasteiger partial charge on any atom is -0.483 e. The zero-order valence-electron chi connectivity index (χ0n) is 10.6. The van der Waals surface area contributed by atoms with Crippen molar-refractivity contribution in [2.75, 3.05) is 20.3 Å². The van der Waals surface area contributed by atoms with Crippen molar-refractivity contribution >= 4 is 11.6 Å². The van der Waals surface area contributed by atoms with E-state index in [4.69, 9.17) is 31.5 Å². The van der Waals surface area contributed by atoms with E-state index in [1.807, 2.05) is 0 Å². The van der Waals surface area contributed by atoms with E-state index in [1.54, 1.807) is 13.2 Å². The molecule has 19 heavy (non-hydrogen) atoms. The fourth-order valence-electron chi connectivity index (χ4n) is 1.98. The van der Waals surface area contributed by atoms with Gasteiger partial charge < -0.3 is 19.9 Å². The van der Waals surface area contributed by atoms with Crippen LogP contribution in [0.2, 0.25) is 5.02 Å². The quantitative estimate of drug-likeness (QED) is 0.814. The second-order valence-corrected chi connectivity index (χ2v) is 4.84. The molecule has 1 aliphatic carbocycles. The van der Waals surface area contributed by atoms with Gasteiger partial charge in [0.25, 0.3) is 0 Å². The van der Waals surface area contributed by atoms with Gasteiger partial charge in [-0.15, -0.1) is 0 Å². The molecule has 0 spiro atoms. The molecule has 4 nitrogen and oxygen atoms in total. The first kappa shape index (κ1) is 14.5. The van der Waals surface area contributed by atoms with Crippen molar-refractivity contribution in [3.63, 3.8) is 0 Å². The van der Waals surface area contributed by atoms with Crippen molar-refractivity contribution in [2.24, 2.45) is 5.73 Å². The van der Waals surface area contributed by atoms with E-state index in [1.165, 1.54) is 12.1 Å². The van der Waals surface area contributed by atoms with E-state index in [9.17, 15) is 4.39 Å². The molecule has 0 radical (unpaired) electrons. The highest BCUT2D eigenvalue weighted by atomic mass is 35.5. The monoisotopic (exact) mass is 289 g/mol. The first-order valence-electron chi connectivity index (χ1n) is 6.10. The van der Waals surface area contributed by atoms with Crippen LogP contribution in [0.5, 0.6) is 5.75 Å². The van der Waals surface area contributed by atoms with E-state index >= 15 is 0 Å². The number of benzene rings is 1. The van der Waals surface area contributed by atoms with Crippen molar-refractivity contribution in [3.8, 4) is 5.75 Å². The van der Waals surface area contributed by atoms with Crippen LogP contribution in [0.4, 0.5) is 4.39 Å². The molecule has 0 bridgehead atoms. The number of hydrogen-bond acceptors (Lipinski definition) is 4. The maximum atomic E-state index is 13.6. The predicted molar refractivity (Wildman–Crippen MR) is 70.0 cm³/mol. The Hall–Kier alpha value is -0.880. The van der Waals surface area contributed by atoms with E-state index in [0.717, 1.165) is 0 Å². The fraction of sp³-hybridized carbons (Fsp3) is 0.538. The zero-order chi connectivity index (χ0) is 13.8. The van der Waals surface area contributed by atoms with Crippen LogP contribution in [0, 0.1) is 5.82 Å². The van der Waals surface area contributed by atoms with Crippen LogP contribution in [0.3, 0.4) is 0 Å². The van der Waals surface area contributed by atoms with Crippen molar-refractivity contribution in [1.82, 2.24) is 0 Å². The molecule has 0 heterocycles. The van der Waals surface area contributed by atoms with E-state index < -0.39 is 5.82 Å². The Morgan fingerprint density at radius 2 is 2.21 bits per heavy atom. The number of ether oxygens (including phenoxy) is 3. The molecule has 3 unspecified atom stereocenters. The van der Waals surface area contributed by atoms with E-state index in [2.05, 4.69) is 0 Å². The Bertz CT molecular complexity index is 412. The molecule has 0 saturated heterocycles. The average molecular weight is 290 g/mol. The summed E-state index contributed by atoms with van der Waals surface area (Å²) in [5, 5.41) is 0.246. The van der Waals surface area contributed by atoms with Crippen LogP contribution in [-0.4, -0.2) is 38.6 Å². The molecular weight excluding hydrogens is 273 g/mol. The smallest absolute Gasteiger partial charge is 0.174 e. The molecule has 1 fully saturated rings. The third kappa shape index (κ3) is 3.36. The van der Waals surface area contributed by atoms with Crippen LogP contribution >= 0.6 is 11.6 Å². The third-order valence-electron chi connectivity index (χ3n) is 3.08. The molecule has 3 atom stereocenters. The average Bonchev–Trinajstić information content (AvgIpc) is 2.37. The molecule has 2 N–H and O–H groups in total. The number of halogens is 2. The Morgan fingerprint density at radius 1 is 1.42 bits per heavy atom. The Morgan fingerprint density at radius 3 is 2.84 bits per heavy atom. The van der Waals surface area contributed by atoms with Crippen molar-refractivity contribution < 1.29 is 18.6 Å². The van der Waals surface area contributed by atoms with Gasteiger partial charge in [0.05, 0.1) is 18.2 Å². The van der Waals surface area contributed by atoms with Crippen molar-refractivity contribution in [3.05, 3.63) is 29.0 Å². The van der Waals surface area contributed by atoms with Gasteiger partial charge in [-0.25, -0.2) is 4.39 Å². The lowest BCUT2D eigenvalue weighted by Gasteiger charge is -2.41. The predicted octanol–water partition coefficient (Wildman–Crippen LogP) is 1.99. The minimum atomic E-state index is -0.483. The van der Waals surface area contributed by atoms with Crippen LogP contribution in [0.15, 0.2) is 18.2 Å². The molecule has 1 aliphatic rings. The largest absolute Gasteiger partial charge is 0.483 e. The number of methoxy groups -OCH3 is 1. The maximum Gasteiger partial charge on any atom is 0.174 e. The summed E-state index contributed by atoms with van der Waals surface area (Å²) in [5.41, 5.74) is 5.85. The summed E-state index contributed by atoms with van der Waals surface area (Å²) < 4.78 is 29.6. The van der Waals surface area contributed by atoms with Gasteiger partial charge in [-0.05, 0) is 12.1 Å². The first-order valence-corrected chi connectivity index (χ1v) is 6.48. The molecule has 0 aliphatic heterocycles. The van der Waals surface area contributed by atoms with Gasteiger partial charge in [-0.3, -0.25) is 0 Å². The third-order valence-corrected chi connectivity index (χ3v) is 3.38. The molecular formula is C13H17ClFNO3.